The van der Waals surface area contributed by atoms with Gasteiger partial charge in [-0.3, -0.25) is 4.79 Å². The Balaban J connectivity index is 1.42. The van der Waals surface area contributed by atoms with Gasteiger partial charge in [0.15, 0.2) is 0 Å². The largest absolute Gasteiger partial charge is 0.468 e. The van der Waals surface area contributed by atoms with Crippen molar-refractivity contribution in [2.75, 3.05) is 45.7 Å². The Morgan fingerprint density at radius 2 is 1.79 bits per heavy atom. The number of piperidine rings is 1. The van der Waals surface area contributed by atoms with Gasteiger partial charge in [0.05, 0.1) is 12.5 Å². The summed E-state index contributed by atoms with van der Waals surface area (Å²) < 4.78 is 5.05. The molecule has 4 rings (SSSR count). The highest BCUT2D eigenvalue weighted by atomic mass is 16.5. The van der Waals surface area contributed by atoms with Gasteiger partial charge in [0.2, 0.25) is 0 Å². The Labute approximate surface area is 167 Å². The summed E-state index contributed by atoms with van der Waals surface area (Å²) in [6, 6.07) is 7.68. The van der Waals surface area contributed by atoms with Crippen LogP contribution in [0.5, 0.6) is 0 Å². The van der Waals surface area contributed by atoms with Crippen molar-refractivity contribution in [3.63, 3.8) is 0 Å². The van der Waals surface area contributed by atoms with Gasteiger partial charge in [-0.15, -0.1) is 0 Å². The van der Waals surface area contributed by atoms with Crippen LogP contribution in [0.3, 0.4) is 0 Å². The third-order valence-electron chi connectivity index (χ3n) is 7.22. The molecule has 1 aromatic rings. The van der Waals surface area contributed by atoms with Crippen LogP contribution in [0.2, 0.25) is 0 Å². The minimum Gasteiger partial charge on any atom is -0.468 e. The Bertz CT molecular complexity index is 751. The van der Waals surface area contributed by atoms with E-state index in [1.54, 1.807) is 0 Å². The maximum atomic E-state index is 12.9. The zero-order valence-electron chi connectivity index (χ0n) is 17.0. The van der Waals surface area contributed by atoms with Crippen LogP contribution in [0.25, 0.3) is 0 Å². The Kier molecular flexibility index (Phi) is 5.08. The van der Waals surface area contributed by atoms with Crippen LogP contribution in [0.4, 0.5) is 10.5 Å². The lowest BCUT2D eigenvalue weighted by Crippen LogP contribution is -2.43. The molecule has 2 amide bonds. The molecule has 2 saturated heterocycles. The van der Waals surface area contributed by atoms with Gasteiger partial charge in [0, 0.05) is 18.8 Å². The molecule has 2 aliphatic heterocycles. The minimum absolute atomic E-state index is 0.0336. The van der Waals surface area contributed by atoms with Gasteiger partial charge in [-0.25, -0.2) is 4.79 Å². The first-order valence-electron chi connectivity index (χ1n) is 10.4. The van der Waals surface area contributed by atoms with E-state index in [0.717, 1.165) is 63.1 Å². The molecule has 1 N–H and O–H groups in total. The number of hydrogen-bond donors (Lipinski definition) is 1. The molecule has 1 aliphatic carbocycles. The first-order chi connectivity index (χ1) is 13.5. The van der Waals surface area contributed by atoms with Gasteiger partial charge in [-0.2, -0.15) is 0 Å². The second-order valence-corrected chi connectivity index (χ2v) is 8.91. The number of ether oxygens (including phenoxy) is 1. The first-order valence-corrected chi connectivity index (χ1v) is 10.4. The van der Waals surface area contributed by atoms with Crippen molar-refractivity contribution in [2.45, 2.75) is 43.9 Å². The summed E-state index contributed by atoms with van der Waals surface area (Å²) in [7, 11) is 3.61. The van der Waals surface area contributed by atoms with E-state index in [1.807, 2.05) is 29.2 Å². The maximum Gasteiger partial charge on any atom is 0.321 e. The molecule has 6 heteroatoms. The number of amides is 2. The van der Waals surface area contributed by atoms with Gasteiger partial charge in [-0.1, -0.05) is 18.6 Å². The summed E-state index contributed by atoms with van der Waals surface area (Å²) in [5.74, 6) is -0.175. The van der Waals surface area contributed by atoms with E-state index < -0.39 is 5.41 Å². The van der Waals surface area contributed by atoms with Gasteiger partial charge >= 0.3 is 12.0 Å². The van der Waals surface area contributed by atoms with Crippen molar-refractivity contribution in [3.05, 3.63) is 29.8 Å². The van der Waals surface area contributed by atoms with Crippen LogP contribution >= 0.6 is 0 Å². The molecule has 0 atom stereocenters. The smallest absolute Gasteiger partial charge is 0.321 e. The molecular weight excluding hydrogens is 354 g/mol. The molecule has 1 saturated carbocycles. The molecule has 3 fully saturated rings. The molecule has 1 spiro atoms. The van der Waals surface area contributed by atoms with Crippen molar-refractivity contribution >= 4 is 17.7 Å². The monoisotopic (exact) mass is 385 g/mol. The van der Waals surface area contributed by atoms with Gasteiger partial charge in [-0.05, 0) is 75.4 Å². The van der Waals surface area contributed by atoms with Crippen molar-refractivity contribution in [3.8, 4) is 0 Å². The van der Waals surface area contributed by atoms with Crippen molar-refractivity contribution in [1.82, 2.24) is 9.80 Å². The lowest BCUT2D eigenvalue weighted by molar-refractivity contribution is -0.151. The maximum absolute atomic E-state index is 12.9. The standard InChI is InChI=1S/C22H31N3O3/c1-24-12-9-21(10-13-24)11-14-25(16-21)20(27)23-18-6-3-5-17(15-18)22(7-4-8-22)19(26)28-2/h3,5-6,15H,4,7-14,16H2,1-2H3,(H,23,27). The average molecular weight is 386 g/mol. The van der Waals surface area contributed by atoms with Gasteiger partial charge < -0.3 is 19.9 Å². The molecule has 6 nitrogen and oxygen atoms in total. The molecule has 0 aromatic heterocycles. The minimum atomic E-state index is -0.540. The van der Waals surface area contributed by atoms with Crippen LogP contribution < -0.4 is 5.32 Å². The second-order valence-electron chi connectivity index (χ2n) is 8.91. The average Bonchev–Trinajstić information content (AvgIpc) is 3.08. The zero-order valence-corrected chi connectivity index (χ0v) is 17.0. The highest BCUT2D eigenvalue weighted by molar-refractivity contribution is 5.90. The molecular formula is C22H31N3O3. The number of carbonyl (C=O) groups is 2. The van der Waals surface area contributed by atoms with Gasteiger partial charge in [0.25, 0.3) is 0 Å². The summed E-state index contributed by atoms with van der Waals surface area (Å²) in [5.41, 5.74) is 1.45. The predicted molar refractivity (Wildman–Crippen MR) is 108 cm³/mol. The van der Waals surface area contributed by atoms with E-state index in [9.17, 15) is 9.59 Å². The molecule has 3 aliphatic rings. The van der Waals surface area contributed by atoms with E-state index in [-0.39, 0.29) is 12.0 Å². The highest BCUT2D eigenvalue weighted by Gasteiger charge is 2.47. The van der Waals surface area contributed by atoms with Crippen LogP contribution in [0.15, 0.2) is 24.3 Å². The van der Waals surface area contributed by atoms with Gasteiger partial charge in [0.1, 0.15) is 0 Å². The summed E-state index contributed by atoms with van der Waals surface area (Å²) >= 11 is 0. The fourth-order valence-electron chi connectivity index (χ4n) is 5.04. The van der Waals surface area contributed by atoms with Crippen LogP contribution in [-0.4, -0.2) is 62.1 Å². The normalized spacial score (nSPS) is 23.3. The number of urea groups is 1. The second kappa shape index (κ2) is 7.39. The molecule has 0 unspecified atom stereocenters. The van der Waals surface area contributed by atoms with Crippen LogP contribution in [0.1, 0.15) is 44.1 Å². The number of nitrogens with zero attached hydrogens (tertiary/aromatic N) is 2. The summed E-state index contributed by atoms with van der Waals surface area (Å²) in [6.07, 6.45) is 6.08. The fourth-order valence-corrected chi connectivity index (χ4v) is 5.04. The number of rotatable bonds is 3. The van der Waals surface area contributed by atoms with Crippen LogP contribution in [0, 0.1) is 5.41 Å². The van der Waals surface area contributed by atoms with E-state index in [0.29, 0.717) is 5.41 Å². The van der Waals surface area contributed by atoms with Crippen molar-refractivity contribution < 1.29 is 14.3 Å². The van der Waals surface area contributed by atoms with E-state index in [1.165, 1.54) is 20.0 Å². The number of methoxy groups -OCH3 is 1. The molecule has 0 bridgehead atoms. The van der Waals surface area contributed by atoms with E-state index >= 15 is 0 Å². The topological polar surface area (TPSA) is 61.9 Å². The third kappa shape index (κ3) is 3.39. The van der Waals surface area contributed by atoms with Crippen molar-refractivity contribution in [1.29, 1.82) is 0 Å². The van der Waals surface area contributed by atoms with E-state index in [4.69, 9.17) is 4.74 Å². The number of carbonyl (C=O) groups excluding carboxylic acids is 2. The lowest BCUT2D eigenvalue weighted by Gasteiger charge is -2.39. The van der Waals surface area contributed by atoms with Crippen molar-refractivity contribution in [2.24, 2.45) is 5.41 Å². The number of hydrogen-bond acceptors (Lipinski definition) is 4. The van der Waals surface area contributed by atoms with Crippen LogP contribution in [-0.2, 0) is 14.9 Å². The molecule has 28 heavy (non-hydrogen) atoms. The number of esters is 1. The Morgan fingerprint density at radius 1 is 1.07 bits per heavy atom. The number of benzene rings is 1. The lowest BCUT2D eigenvalue weighted by atomic mass is 9.64. The predicted octanol–water partition coefficient (Wildman–Crippen LogP) is 3.23. The highest BCUT2D eigenvalue weighted by Crippen LogP contribution is 2.45. The summed E-state index contributed by atoms with van der Waals surface area (Å²) in [4.78, 5) is 29.5. The SMILES string of the molecule is COC(=O)C1(c2cccc(NC(=O)N3CCC4(CCN(C)CC4)C3)c2)CCC1. The third-order valence-corrected chi connectivity index (χ3v) is 7.22. The number of nitrogens with one attached hydrogen (secondary N) is 1. The number of likely N-dealkylation sites (tertiary alicyclic amines) is 2. The molecule has 2 heterocycles. The molecule has 152 valence electrons. The Morgan fingerprint density at radius 3 is 2.43 bits per heavy atom. The molecule has 1 aromatic carbocycles. The zero-order chi connectivity index (χ0) is 19.8. The summed E-state index contributed by atoms with van der Waals surface area (Å²) in [6.45, 7) is 3.90. The Hall–Kier alpha value is -2.08. The first kappa shape index (κ1) is 19.2. The quantitative estimate of drug-likeness (QED) is 0.812. The summed E-state index contributed by atoms with van der Waals surface area (Å²) in [5, 5.41) is 3.06. The number of anilines is 1. The fraction of sp³-hybridized carbons (Fsp3) is 0.636. The van der Waals surface area contributed by atoms with E-state index in [2.05, 4.69) is 17.3 Å². The molecule has 0 radical (unpaired) electrons.